The number of likely N-dealkylation sites (tertiary alicyclic amines) is 1. The molecule has 2 fully saturated rings. The molecule has 9 nitrogen and oxygen atoms in total. The third-order valence-corrected chi connectivity index (χ3v) is 9.41. The molecule has 39 heavy (non-hydrogen) atoms. The fourth-order valence-corrected chi connectivity index (χ4v) is 7.25. The molecule has 2 aromatic rings. The van der Waals surface area contributed by atoms with Crippen molar-refractivity contribution in [2.24, 2.45) is 0 Å². The molecule has 3 unspecified atom stereocenters. The second-order valence-corrected chi connectivity index (χ2v) is 12.6. The number of sulfonamides is 1. The first-order valence-electron chi connectivity index (χ1n) is 13.4. The number of nitrogens with zero attached hydrogens (tertiary/aromatic N) is 2. The van der Waals surface area contributed by atoms with E-state index in [1.54, 1.807) is 26.4 Å². The molecular weight excluding hydrogens is 520 g/mol. The maximum absolute atomic E-state index is 13.0. The number of benzene rings is 2. The molecule has 1 amide bonds. The topological polar surface area (TPSA) is 106 Å². The first-order valence-corrected chi connectivity index (χ1v) is 15.3. The van der Waals surface area contributed by atoms with Crippen molar-refractivity contribution in [3.8, 4) is 5.75 Å². The van der Waals surface area contributed by atoms with E-state index in [-0.39, 0.29) is 31.4 Å². The Balaban J connectivity index is 1.52. The number of carboxylic acid groups (broad SMARTS) is 1. The van der Waals surface area contributed by atoms with Crippen molar-refractivity contribution in [1.82, 2.24) is 9.21 Å². The van der Waals surface area contributed by atoms with Gasteiger partial charge in [0, 0.05) is 25.7 Å². The summed E-state index contributed by atoms with van der Waals surface area (Å²) in [6.07, 6.45) is 2.68. The molecule has 4 rings (SSSR count). The molecular formula is C29H40N2O7S. The van der Waals surface area contributed by atoms with Crippen LogP contribution in [0.3, 0.4) is 0 Å². The molecule has 1 aliphatic carbocycles. The Bertz CT molecular complexity index is 1190. The highest BCUT2D eigenvalue weighted by Gasteiger charge is 2.47. The number of methoxy groups -OCH3 is 2. The Morgan fingerprint density at radius 3 is 2.31 bits per heavy atom. The Morgan fingerprint density at radius 1 is 1.03 bits per heavy atom. The molecule has 1 saturated carbocycles. The molecule has 1 N–H and O–H groups in total. The maximum Gasteiger partial charge on any atom is 0.407 e. The molecule has 1 saturated heterocycles. The molecule has 10 heteroatoms. The summed E-state index contributed by atoms with van der Waals surface area (Å²) >= 11 is 0. The fraction of sp³-hybridized carbons (Fsp3) is 0.552. The number of hydrogen-bond acceptors (Lipinski definition) is 6. The normalized spacial score (nSPS) is 27.6. The van der Waals surface area contributed by atoms with E-state index < -0.39 is 28.2 Å². The zero-order chi connectivity index (χ0) is 28.2. The van der Waals surface area contributed by atoms with Gasteiger partial charge < -0.3 is 19.3 Å². The highest BCUT2D eigenvalue weighted by Crippen LogP contribution is 2.37. The van der Waals surface area contributed by atoms with Crippen molar-refractivity contribution in [2.75, 3.05) is 27.1 Å². The Labute approximate surface area is 231 Å². The summed E-state index contributed by atoms with van der Waals surface area (Å²) in [6.45, 7) is 2.04. The third-order valence-electron chi connectivity index (χ3n) is 8.16. The van der Waals surface area contributed by atoms with Crippen molar-refractivity contribution in [3.63, 3.8) is 0 Å². The van der Waals surface area contributed by atoms with Gasteiger partial charge in [0.05, 0.1) is 38.2 Å². The summed E-state index contributed by atoms with van der Waals surface area (Å²) in [5, 5.41) is 10.1. The Hall–Kier alpha value is -2.66. The summed E-state index contributed by atoms with van der Waals surface area (Å²) in [5.41, 5.74) is 2.07. The van der Waals surface area contributed by atoms with Gasteiger partial charge in [0.15, 0.2) is 0 Å². The van der Waals surface area contributed by atoms with Crippen LogP contribution in [0.2, 0.25) is 0 Å². The molecule has 0 radical (unpaired) electrons. The lowest BCUT2D eigenvalue weighted by molar-refractivity contribution is -0.0927. The molecule has 0 aromatic heterocycles. The monoisotopic (exact) mass is 560 g/mol. The summed E-state index contributed by atoms with van der Waals surface area (Å²) in [7, 11) is -0.408. The van der Waals surface area contributed by atoms with Gasteiger partial charge in [0.1, 0.15) is 5.75 Å². The fourth-order valence-electron chi connectivity index (χ4n) is 6.15. The van der Waals surface area contributed by atoms with Crippen LogP contribution < -0.4 is 4.74 Å². The Kier molecular flexibility index (Phi) is 9.53. The standard InChI is InChI=1S/C29H40N2O7S/c1-20-16-25(30(39(4,34)35)18-21-10-13-24(36-2)14-11-21)26(31(20)29(32)33)19-38-27-15-12-23(17-28(27)37-3)22-8-6-5-7-9-22/h5-11,13-14,20,23,25-28H,12,15-19H2,1-4H3,(H,32,33)/t20-,23?,25+,26+,27?,28?/m1/s1. The van der Waals surface area contributed by atoms with Crippen LogP contribution in [-0.2, 0) is 26.0 Å². The summed E-state index contributed by atoms with van der Waals surface area (Å²) in [5.74, 6) is 1.05. The van der Waals surface area contributed by atoms with Crippen molar-refractivity contribution in [1.29, 1.82) is 0 Å². The van der Waals surface area contributed by atoms with E-state index in [4.69, 9.17) is 14.2 Å². The number of hydrogen-bond donors (Lipinski definition) is 1. The number of ether oxygens (including phenoxy) is 3. The number of rotatable bonds is 10. The first kappa shape index (κ1) is 29.3. The highest BCUT2D eigenvalue weighted by atomic mass is 32.2. The van der Waals surface area contributed by atoms with Gasteiger partial charge in [-0.25, -0.2) is 13.2 Å². The van der Waals surface area contributed by atoms with Crippen LogP contribution in [0.15, 0.2) is 54.6 Å². The quantitative estimate of drug-likeness (QED) is 0.461. The predicted octanol–water partition coefficient (Wildman–Crippen LogP) is 4.33. The van der Waals surface area contributed by atoms with Crippen LogP contribution in [0.4, 0.5) is 4.79 Å². The van der Waals surface area contributed by atoms with Crippen molar-refractivity contribution < 1.29 is 32.5 Å². The summed E-state index contributed by atoms with van der Waals surface area (Å²) in [6, 6.07) is 16.0. The van der Waals surface area contributed by atoms with Gasteiger partial charge in [-0.15, -0.1) is 0 Å². The average molecular weight is 561 g/mol. The molecule has 6 atom stereocenters. The van der Waals surface area contributed by atoms with Gasteiger partial charge >= 0.3 is 6.09 Å². The van der Waals surface area contributed by atoms with Crippen LogP contribution >= 0.6 is 0 Å². The van der Waals surface area contributed by atoms with Gasteiger partial charge in [-0.1, -0.05) is 42.5 Å². The minimum atomic E-state index is -3.66. The molecule has 2 aliphatic rings. The third kappa shape index (κ3) is 6.92. The van der Waals surface area contributed by atoms with Crippen LogP contribution in [0.5, 0.6) is 5.75 Å². The van der Waals surface area contributed by atoms with Crippen molar-refractivity contribution >= 4 is 16.1 Å². The van der Waals surface area contributed by atoms with E-state index in [9.17, 15) is 18.3 Å². The highest BCUT2D eigenvalue weighted by molar-refractivity contribution is 7.88. The van der Waals surface area contributed by atoms with Crippen LogP contribution in [0.1, 0.15) is 49.7 Å². The predicted molar refractivity (Wildman–Crippen MR) is 148 cm³/mol. The molecule has 0 bridgehead atoms. The van der Waals surface area contributed by atoms with Crippen LogP contribution in [-0.4, -0.2) is 86.2 Å². The minimum Gasteiger partial charge on any atom is -0.497 e. The molecule has 1 aliphatic heterocycles. The number of amides is 1. The SMILES string of the molecule is COc1ccc(CN([C@H]2C[C@@H](C)N(C(=O)O)[C@H]2COC2CCC(c3ccccc3)CC2OC)S(C)(=O)=O)cc1. The van der Waals surface area contributed by atoms with E-state index in [2.05, 4.69) is 12.1 Å². The van der Waals surface area contributed by atoms with Crippen LogP contribution in [0, 0.1) is 0 Å². The van der Waals surface area contributed by atoms with E-state index in [1.165, 1.54) is 21.0 Å². The second kappa shape index (κ2) is 12.7. The minimum absolute atomic E-state index is 0.0937. The lowest BCUT2D eigenvalue weighted by Gasteiger charge is -2.38. The van der Waals surface area contributed by atoms with E-state index in [0.717, 1.165) is 24.8 Å². The zero-order valence-electron chi connectivity index (χ0n) is 23.1. The summed E-state index contributed by atoms with van der Waals surface area (Å²) < 4.78 is 44.9. The smallest absolute Gasteiger partial charge is 0.407 e. The average Bonchev–Trinajstić information content (AvgIpc) is 3.26. The summed E-state index contributed by atoms with van der Waals surface area (Å²) in [4.78, 5) is 13.7. The van der Waals surface area contributed by atoms with Crippen molar-refractivity contribution in [3.05, 3.63) is 65.7 Å². The van der Waals surface area contributed by atoms with E-state index in [0.29, 0.717) is 18.1 Å². The zero-order valence-corrected chi connectivity index (χ0v) is 23.9. The lowest BCUT2D eigenvalue weighted by atomic mass is 9.81. The Morgan fingerprint density at radius 2 is 1.72 bits per heavy atom. The second-order valence-electron chi connectivity index (χ2n) is 10.6. The maximum atomic E-state index is 13.0. The van der Waals surface area contributed by atoms with Crippen molar-refractivity contribution in [2.45, 2.75) is 75.4 Å². The van der Waals surface area contributed by atoms with Gasteiger partial charge in [0.2, 0.25) is 10.0 Å². The van der Waals surface area contributed by atoms with E-state index >= 15 is 0 Å². The first-order chi connectivity index (χ1) is 18.6. The van der Waals surface area contributed by atoms with Gasteiger partial charge in [-0.3, -0.25) is 4.90 Å². The van der Waals surface area contributed by atoms with Gasteiger partial charge in [-0.05, 0) is 61.8 Å². The molecule has 2 aromatic carbocycles. The van der Waals surface area contributed by atoms with E-state index in [1.807, 2.05) is 37.3 Å². The molecule has 0 spiro atoms. The van der Waals surface area contributed by atoms with Gasteiger partial charge in [-0.2, -0.15) is 4.31 Å². The molecule has 1 heterocycles. The van der Waals surface area contributed by atoms with Gasteiger partial charge in [0.25, 0.3) is 0 Å². The van der Waals surface area contributed by atoms with Crippen LogP contribution in [0.25, 0.3) is 0 Å². The largest absolute Gasteiger partial charge is 0.497 e. The lowest BCUT2D eigenvalue weighted by Crippen LogP contribution is -2.52. The molecule has 214 valence electrons. The number of carbonyl (C=O) groups is 1.